The SMILES string of the molecule is Cn1cnc2cnc(-c3nc4c(N)nc(Cl)nc4n3C)nc21. The second-order valence-corrected chi connectivity index (χ2v) is 5.14. The van der Waals surface area contributed by atoms with Gasteiger partial charge in [0.05, 0.1) is 12.5 Å². The number of imidazole rings is 2. The summed E-state index contributed by atoms with van der Waals surface area (Å²) in [5, 5.41) is 0.0718. The summed E-state index contributed by atoms with van der Waals surface area (Å²) in [5.41, 5.74) is 8.28. The highest BCUT2D eigenvalue weighted by Crippen LogP contribution is 2.24. The van der Waals surface area contributed by atoms with Crippen molar-refractivity contribution in [3.8, 4) is 11.6 Å². The third kappa shape index (κ3) is 1.72. The first-order valence-electron chi connectivity index (χ1n) is 6.34. The van der Waals surface area contributed by atoms with Gasteiger partial charge in [-0.2, -0.15) is 9.97 Å². The predicted molar refractivity (Wildman–Crippen MR) is 81.0 cm³/mol. The van der Waals surface area contributed by atoms with E-state index >= 15 is 0 Å². The van der Waals surface area contributed by atoms with E-state index in [2.05, 4.69) is 29.9 Å². The van der Waals surface area contributed by atoms with Crippen molar-refractivity contribution in [1.29, 1.82) is 0 Å². The monoisotopic (exact) mass is 315 g/mol. The number of fused-ring (bicyclic) bond motifs is 2. The zero-order valence-electron chi connectivity index (χ0n) is 11.7. The van der Waals surface area contributed by atoms with Gasteiger partial charge in [0.15, 0.2) is 34.3 Å². The van der Waals surface area contributed by atoms with Crippen molar-refractivity contribution in [1.82, 2.24) is 39.0 Å². The van der Waals surface area contributed by atoms with Crippen LogP contribution in [0.2, 0.25) is 5.28 Å². The third-order valence-corrected chi connectivity index (χ3v) is 3.54. The fourth-order valence-corrected chi connectivity index (χ4v) is 2.45. The van der Waals surface area contributed by atoms with Crippen LogP contribution in [0.25, 0.3) is 34.0 Å². The first-order chi connectivity index (χ1) is 10.5. The summed E-state index contributed by atoms with van der Waals surface area (Å²) in [6.45, 7) is 0. The molecule has 4 aromatic rings. The molecular formula is C12H10ClN9. The molecule has 0 radical (unpaired) electrons. The van der Waals surface area contributed by atoms with Crippen LogP contribution in [-0.2, 0) is 14.1 Å². The molecule has 0 spiro atoms. The van der Waals surface area contributed by atoms with Crippen molar-refractivity contribution >= 4 is 39.7 Å². The third-order valence-electron chi connectivity index (χ3n) is 3.37. The summed E-state index contributed by atoms with van der Waals surface area (Å²) in [7, 11) is 3.66. The van der Waals surface area contributed by atoms with Gasteiger partial charge < -0.3 is 14.9 Å². The molecule has 0 aliphatic heterocycles. The van der Waals surface area contributed by atoms with Crippen LogP contribution in [-0.4, -0.2) is 39.0 Å². The molecular weight excluding hydrogens is 306 g/mol. The predicted octanol–water partition coefficient (Wildman–Crippen LogP) is 0.943. The Bertz CT molecular complexity index is 1030. The molecule has 0 aliphatic rings. The highest BCUT2D eigenvalue weighted by Gasteiger charge is 2.17. The van der Waals surface area contributed by atoms with Crippen molar-refractivity contribution in [3.05, 3.63) is 17.8 Å². The highest BCUT2D eigenvalue weighted by molar-refractivity contribution is 6.28. The van der Waals surface area contributed by atoms with Crippen LogP contribution in [0.1, 0.15) is 0 Å². The summed E-state index contributed by atoms with van der Waals surface area (Å²) in [6, 6.07) is 0. The lowest BCUT2D eigenvalue weighted by Gasteiger charge is -2.01. The number of nitrogens with two attached hydrogens (primary N) is 1. The molecule has 4 heterocycles. The quantitative estimate of drug-likeness (QED) is 0.520. The number of hydrogen-bond donors (Lipinski definition) is 1. The number of anilines is 1. The van der Waals surface area contributed by atoms with E-state index < -0.39 is 0 Å². The van der Waals surface area contributed by atoms with Crippen molar-refractivity contribution in [2.45, 2.75) is 0 Å². The minimum atomic E-state index is 0.0718. The van der Waals surface area contributed by atoms with Crippen LogP contribution in [0.15, 0.2) is 12.5 Å². The molecule has 0 saturated heterocycles. The molecule has 4 rings (SSSR count). The minimum absolute atomic E-state index is 0.0718. The average molecular weight is 316 g/mol. The van der Waals surface area contributed by atoms with Crippen molar-refractivity contribution in [2.24, 2.45) is 14.1 Å². The van der Waals surface area contributed by atoms with Crippen LogP contribution in [0.5, 0.6) is 0 Å². The Labute approximate surface area is 128 Å². The number of hydrogen-bond acceptors (Lipinski definition) is 7. The lowest BCUT2D eigenvalue weighted by Crippen LogP contribution is -2.00. The van der Waals surface area contributed by atoms with Gasteiger partial charge in [-0.1, -0.05) is 0 Å². The molecule has 0 unspecified atom stereocenters. The fraction of sp³-hybridized carbons (Fsp3) is 0.167. The molecule has 0 saturated carbocycles. The molecule has 10 heteroatoms. The smallest absolute Gasteiger partial charge is 0.226 e. The summed E-state index contributed by atoms with van der Waals surface area (Å²) in [5.74, 6) is 1.20. The molecule has 0 atom stereocenters. The zero-order valence-corrected chi connectivity index (χ0v) is 12.4. The molecule has 0 bridgehead atoms. The second-order valence-electron chi connectivity index (χ2n) is 4.80. The van der Waals surface area contributed by atoms with E-state index in [0.717, 1.165) is 0 Å². The van der Waals surface area contributed by atoms with E-state index in [-0.39, 0.29) is 11.1 Å². The molecule has 0 amide bonds. The van der Waals surface area contributed by atoms with Gasteiger partial charge >= 0.3 is 0 Å². The Kier molecular flexibility index (Phi) is 2.54. The number of aromatic nitrogens is 8. The number of aryl methyl sites for hydroxylation is 2. The van der Waals surface area contributed by atoms with E-state index in [1.54, 1.807) is 24.1 Å². The van der Waals surface area contributed by atoms with Crippen molar-refractivity contribution in [3.63, 3.8) is 0 Å². The van der Waals surface area contributed by atoms with E-state index in [4.69, 9.17) is 17.3 Å². The molecule has 2 N–H and O–H groups in total. The van der Waals surface area contributed by atoms with E-state index in [9.17, 15) is 0 Å². The fourth-order valence-electron chi connectivity index (χ4n) is 2.28. The van der Waals surface area contributed by atoms with Crippen LogP contribution >= 0.6 is 11.6 Å². The van der Waals surface area contributed by atoms with Crippen molar-refractivity contribution in [2.75, 3.05) is 5.73 Å². The molecule has 110 valence electrons. The summed E-state index contributed by atoms with van der Waals surface area (Å²) >= 11 is 5.85. The highest BCUT2D eigenvalue weighted by atomic mass is 35.5. The Morgan fingerprint density at radius 2 is 1.86 bits per heavy atom. The van der Waals surface area contributed by atoms with Gasteiger partial charge in [-0.05, 0) is 11.6 Å². The largest absolute Gasteiger partial charge is 0.382 e. The van der Waals surface area contributed by atoms with Crippen LogP contribution in [0.4, 0.5) is 5.82 Å². The molecule has 0 aromatic carbocycles. The van der Waals surface area contributed by atoms with Gasteiger partial charge in [0, 0.05) is 14.1 Å². The molecule has 4 aromatic heterocycles. The first kappa shape index (κ1) is 12.9. The number of nitrogens with zero attached hydrogens (tertiary/aromatic N) is 8. The topological polar surface area (TPSA) is 113 Å². The van der Waals surface area contributed by atoms with Crippen LogP contribution in [0, 0.1) is 0 Å². The maximum Gasteiger partial charge on any atom is 0.226 e. The lowest BCUT2D eigenvalue weighted by atomic mass is 10.5. The second kappa shape index (κ2) is 4.34. The Balaban J connectivity index is 2.01. The van der Waals surface area contributed by atoms with E-state index in [0.29, 0.717) is 34.0 Å². The number of rotatable bonds is 1. The van der Waals surface area contributed by atoms with Crippen LogP contribution < -0.4 is 5.73 Å². The lowest BCUT2D eigenvalue weighted by molar-refractivity contribution is 0.907. The van der Waals surface area contributed by atoms with Gasteiger partial charge in [-0.3, -0.25) is 0 Å². The number of nitrogen functional groups attached to an aromatic ring is 1. The Morgan fingerprint density at radius 3 is 2.68 bits per heavy atom. The van der Waals surface area contributed by atoms with Gasteiger partial charge in [0.25, 0.3) is 0 Å². The van der Waals surface area contributed by atoms with Crippen molar-refractivity contribution < 1.29 is 0 Å². The maximum absolute atomic E-state index is 5.85. The first-order valence-corrected chi connectivity index (χ1v) is 6.72. The van der Waals surface area contributed by atoms with Crippen LogP contribution in [0.3, 0.4) is 0 Å². The average Bonchev–Trinajstić information content (AvgIpc) is 3.01. The van der Waals surface area contributed by atoms with E-state index in [1.165, 1.54) is 0 Å². The van der Waals surface area contributed by atoms with Gasteiger partial charge in [-0.15, -0.1) is 0 Å². The Morgan fingerprint density at radius 1 is 1.05 bits per heavy atom. The Hall–Kier alpha value is -2.81. The standard InChI is InChI=1S/C12H10ClN9/c1-21-4-16-5-3-15-8(19-9(5)21)11-17-6-7(14)18-12(13)20-10(6)22(11)2/h3-4H,1-2H3,(H2,14,18,20). The summed E-state index contributed by atoms with van der Waals surface area (Å²) < 4.78 is 3.55. The summed E-state index contributed by atoms with van der Waals surface area (Å²) in [4.78, 5) is 25.5. The molecule has 9 nitrogen and oxygen atoms in total. The number of halogens is 1. The minimum Gasteiger partial charge on any atom is -0.382 e. The molecule has 22 heavy (non-hydrogen) atoms. The normalized spacial score (nSPS) is 11.6. The van der Waals surface area contributed by atoms with Gasteiger partial charge in [0.2, 0.25) is 5.28 Å². The maximum atomic E-state index is 5.85. The van der Waals surface area contributed by atoms with E-state index in [1.807, 2.05) is 11.6 Å². The molecule has 0 aliphatic carbocycles. The summed E-state index contributed by atoms with van der Waals surface area (Å²) in [6.07, 6.45) is 3.33. The van der Waals surface area contributed by atoms with Gasteiger partial charge in [-0.25, -0.2) is 19.9 Å². The van der Waals surface area contributed by atoms with Gasteiger partial charge in [0.1, 0.15) is 5.52 Å². The zero-order chi connectivity index (χ0) is 15.4. The molecule has 0 fully saturated rings.